The zero-order chi connectivity index (χ0) is 13.0. The van der Waals surface area contributed by atoms with Crippen molar-refractivity contribution in [1.29, 1.82) is 0 Å². The lowest BCUT2D eigenvalue weighted by Crippen LogP contribution is -2.22. The topological polar surface area (TPSA) is 12.0 Å². The Kier molecular flexibility index (Phi) is 5.42. The predicted molar refractivity (Wildman–Crippen MR) is 86.3 cm³/mol. The lowest BCUT2D eigenvalue weighted by Gasteiger charge is -2.17. The van der Waals surface area contributed by atoms with E-state index in [2.05, 4.69) is 79.8 Å². The number of benzene rings is 1. The van der Waals surface area contributed by atoms with Crippen molar-refractivity contribution >= 4 is 43.2 Å². The quantitative estimate of drug-likeness (QED) is 0.745. The van der Waals surface area contributed by atoms with Gasteiger partial charge in [-0.15, -0.1) is 11.3 Å². The van der Waals surface area contributed by atoms with Crippen LogP contribution >= 0.6 is 43.2 Å². The summed E-state index contributed by atoms with van der Waals surface area (Å²) >= 11 is 8.90. The van der Waals surface area contributed by atoms with E-state index in [0.29, 0.717) is 6.04 Å². The molecule has 0 aliphatic rings. The summed E-state index contributed by atoms with van der Waals surface area (Å²) in [5, 5.41) is 5.69. The lowest BCUT2D eigenvalue weighted by molar-refractivity contribution is 0.556. The second kappa shape index (κ2) is 6.85. The summed E-state index contributed by atoms with van der Waals surface area (Å²) in [4.78, 5) is 1.37. The van der Waals surface area contributed by atoms with E-state index in [0.717, 1.165) is 17.4 Å². The van der Waals surface area contributed by atoms with Gasteiger partial charge in [-0.1, -0.05) is 35.0 Å². The van der Waals surface area contributed by atoms with Crippen molar-refractivity contribution in [3.05, 3.63) is 55.1 Å². The summed E-state index contributed by atoms with van der Waals surface area (Å²) in [6.45, 7) is 3.13. The molecule has 1 unspecified atom stereocenters. The van der Waals surface area contributed by atoms with Gasteiger partial charge in [-0.05, 0) is 58.0 Å². The van der Waals surface area contributed by atoms with Crippen LogP contribution in [-0.4, -0.2) is 6.54 Å². The third-order valence-corrected chi connectivity index (χ3v) is 5.28. The normalized spacial score (nSPS) is 12.6. The van der Waals surface area contributed by atoms with E-state index in [1.165, 1.54) is 14.9 Å². The monoisotopic (exact) mass is 387 g/mol. The summed E-state index contributed by atoms with van der Waals surface area (Å²) in [7, 11) is 0. The van der Waals surface area contributed by atoms with Gasteiger partial charge in [-0.25, -0.2) is 0 Å². The number of rotatable bonds is 5. The van der Waals surface area contributed by atoms with Crippen molar-refractivity contribution in [1.82, 2.24) is 5.32 Å². The van der Waals surface area contributed by atoms with Crippen molar-refractivity contribution < 1.29 is 0 Å². The molecule has 96 valence electrons. The molecule has 0 spiro atoms. The van der Waals surface area contributed by atoms with Crippen LogP contribution in [0.5, 0.6) is 0 Å². The Morgan fingerprint density at radius 2 is 1.89 bits per heavy atom. The second-order valence-electron chi connectivity index (χ2n) is 4.07. The van der Waals surface area contributed by atoms with E-state index in [-0.39, 0.29) is 0 Å². The summed E-state index contributed by atoms with van der Waals surface area (Å²) in [6.07, 6.45) is 1.01. The van der Waals surface area contributed by atoms with E-state index < -0.39 is 0 Å². The van der Waals surface area contributed by atoms with Gasteiger partial charge in [0.2, 0.25) is 0 Å². The predicted octanol–water partition coefficient (Wildman–Crippen LogP) is 5.17. The van der Waals surface area contributed by atoms with Gasteiger partial charge in [0, 0.05) is 19.9 Å². The van der Waals surface area contributed by atoms with Crippen molar-refractivity contribution in [3.8, 4) is 0 Å². The zero-order valence-electron chi connectivity index (χ0n) is 10.1. The molecule has 0 saturated carbocycles. The molecule has 0 bridgehead atoms. The highest BCUT2D eigenvalue weighted by Crippen LogP contribution is 2.31. The van der Waals surface area contributed by atoms with E-state index in [9.17, 15) is 0 Å². The fourth-order valence-electron chi connectivity index (χ4n) is 1.91. The molecule has 0 saturated heterocycles. The number of nitrogens with one attached hydrogen (secondary N) is 1. The third kappa shape index (κ3) is 3.67. The summed E-state index contributed by atoms with van der Waals surface area (Å²) in [5.74, 6) is 0. The molecule has 0 amide bonds. The fourth-order valence-corrected chi connectivity index (χ4v) is 3.90. The molecule has 1 N–H and O–H groups in total. The minimum Gasteiger partial charge on any atom is -0.309 e. The van der Waals surface area contributed by atoms with Crippen LogP contribution in [0.15, 0.2) is 44.7 Å². The van der Waals surface area contributed by atoms with Crippen molar-refractivity contribution in [2.45, 2.75) is 19.4 Å². The van der Waals surface area contributed by atoms with Crippen LogP contribution in [0, 0.1) is 0 Å². The molecule has 1 atom stereocenters. The average Bonchev–Trinajstić information content (AvgIpc) is 2.78. The molecule has 0 aliphatic heterocycles. The Labute approximate surface area is 129 Å². The maximum Gasteiger partial charge on any atom is 0.0467 e. The molecule has 2 rings (SSSR count). The summed E-state index contributed by atoms with van der Waals surface area (Å²) in [5.41, 5.74) is 1.35. The minimum absolute atomic E-state index is 0.380. The first kappa shape index (κ1) is 14.3. The first-order chi connectivity index (χ1) is 8.70. The number of hydrogen-bond donors (Lipinski definition) is 1. The third-order valence-electron chi connectivity index (χ3n) is 2.76. The van der Waals surface area contributed by atoms with Crippen LogP contribution in [0.1, 0.15) is 23.4 Å². The van der Waals surface area contributed by atoms with Crippen molar-refractivity contribution in [2.24, 2.45) is 0 Å². The van der Waals surface area contributed by atoms with Crippen molar-refractivity contribution in [2.75, 3.05) is 6.54 Å². The van der Waals surface area contributed by atoms with Crippen LogP contribution in [0.2, 0.25) is 0 Å². The number of thiophene rings is 1. The Bertz CT molecular complexity index is 493. The Hall–Kier alpha value is -0.160. The van der Waals surface area contributed by atoms with Crippen LogP contribution in [-0.2, 0) is 6.42 Å². The lowest BCUT2D eigenvalue weighted by atomic mass is 10.0. The molecule has 1 heterocycles. The van der Waals surface area contributed by atoms with Crippen LogP contribution in [0.4, 0.5) is 0 Å². The van der Waals surface area contributed by atoms with Gasteiger partial charge in [0.05, 0.1) is 0 Å². The summed E-state index contributed by atoms with van der Waals surface area (Å²) < 4.78 is 2.33. The van der Waals surface area contributed by atoms with E-state index in [1.54, 1.807) is 11.3 Å². The van der Waals surface area contributed by atoms with Gasteiger partial charge in [0.15, 0.2) is 0 Å². The molecule has 1 nitrogen and oxygen atoms in total. The molecule has 0 radical (unpaired) electrons. The molecule has 0 aliphatic carbocycles. The molecule has 0 fully saturated rings. The average molecular weight is 389 g/mol. The molecule has 2 aromatic rings. The SMILES string of the molecule is CCNC(Cc1ccc(Br)cc1)c1sccc1Br. The second-order valence-corrected chi connectivity index (χ2v) is 6.79. The number of hydrogen-bond acceptors (Lipinski definition) is 2. The Morgan fingerprint density at radius 3 is 2.44 bits per heavy atom. The van der Waals surface area contributed by atoms with Crippen molar-refractivity contribution in [3.63, 3.8) is 0 Å². The molecular weight excluding hydrogens is 374 g/mol. The largest absolute Gasteiger partial charge is 0.309 e. The van der Waals surface area contributed by atoms with Gasteiger partial charge in [0.25, 0.3) is 0 Å². The van der Waals surface area contributed by atoms with E-state index >= 15 is 0 Å². The maximum atomic E-state index is 3.62. The molecule has 1 aromatic heterocycles. The molecule has 18 heavy (non-hydrogen) atoms. The van der Waals surface area contributed by atoms with Gasteiger partial charge in [-0.2, -0.15) is 0 Å². The molecule has 4 heteroatoms. The first-order valence-electron chi connectivity index (χ1n) is 5.91. The Balaban J connectivity index is 2.16. The van der Waals surface area contributed by atoms with Gasteiger partial charge >= 0.3 is 0 Å². The highest BCUT2D eigenvalue weighted by Gasteiger charge is 2.15. The molecule has 1 aromatic carbocycles. The number of halogens is 2. The van der Waals surface area contributed by atoms with Gasteiger partial charge in [0.1, 0.15) is 0 Å². The highest BCUT2D eigenvalue weighted by atomic mass is 79.9. The Morgan fingerprint density at radius 1 is 1.17 bits per heavy atom. The van der Waals surface area contributed by atoms with Gasteiger partial charge < -0.3 is 5.32 Å². The van der Waals surface area contributed by atoms with Crippen LogP contribution in [0.25, 0.3) is 0 Å². The molecular formula is C14H15Br2NS. The standard InChI is InChI=1S/C14H15Br2NS/c1-2-17-13(14-12(16)7-8-18-14)9-10-3-5-11(15)6-4-10/h3-8,13,17H,2,9H2,1H3. The zero-order valence-corrected chi connectivity index (χ0v) is 14.1. The fraction of sp³-hybridized carbons (Fsp3) is 0.286. The smallest absolute Gasteiger partial charge is 0.0467 e. The first-order valence-corrected chi connectivity index (χ1v) is 8.38. The van der Waals surface area contributed by atoms with E-state index in [4.69, 9.17) is 0 Å². The van der Waals surface area contributed by atoms with Crippen LogP contribution in [0.3, 0.4) is 0 Å². The number of likely N-dealkylation sites (N-methyl/N-ethyl adjacent to an activating group) is 1. The van der Waals surface area contributed by atoms with E-state index in [1.807, 2.05) is 0 Å². The van der Waals surface area contributed by atoms with Gasteiger partial charge in [-0.3, -0.25) is 0 Å². The maximum absolute atomic E-state index is 3.62. The summed E-state index contributed by atoms with van der Waals surface area (Å²) in [6, 6.07) is 11.0. The highest BCUT2D eigenvalue weighted by molar-refractivity contribution is 9.10. The minimum atomic E-state index is 0.380. The van der Waals surface area contributed by atoms with Crippen LogP contribution < -0.4 is 5.32 Å².